The molecule has 1 fully saturated rings. The zero-order valence-electron chi connectivity index (χ0n) is 10.8. The third kappa shape index (κ3) is 2.78. The maximum Gasteiger partial charge on any atom is 0.350 e. The molecule has 0 amide bonds. The Hall–Kier alpha value is -1.82. The molecular formula is C13H13NO4S. The van der Waals surface area contributed by atoms with Crippen molar-refractivity contribution in [3.8, 4) is 0 Å². The van der Waals surface area contributed by atoms with Crippen LogP contribution in [0.5, 0.6) is 0 Å². The number of nitrogens with zero attached hydrogens (tertiary/aromatic N) is 1. The second-order valence-electron chi connectivity index (χ2n) is 4.33. The first-order valence-corrected chi connectivity index (χ1v) is 6.82. The standard InChI is InChI=1S/C13H13NO4S/c1-13(2)17-11(15)9(12(16)18-13)10(19-3)8-5-4-6-14-7-8/h4-7H,1-3H3. The monoisotopic (exact) mass is 279 g/mol. The predicted octanol–water partition coefficient (Wildman–Crippen LogP) is 1.99. The van der Waals surface area contributed by atoms with E-state index in [1.54, 1.807) is 30.8 Å². The van der Waals surface area contributed by atoms with Crippen LogP contribution in [-0.4, -0.2) is 29.0 Å². The Kier molecular flexibility index (Phi) is 3.61. The molecule has 1 aliphatic rings. The van der Waals surface area contributed by atoms with E-state index in [-0.39, 0.29) is 5.57 Å². The second kappa shape index (κ2) is 5.05. The summed E-state index contributed by atoms with van der Waals surface area (Å²) in [7, 11) is 0. The molecule has 1 aromatic heterocycles. The average molecular weight is 279 g/mol. The minimum absolute atomic E-state index is 0.0835. The number of ether oxygens (including phenoxy) is 2. The summed E-state index contributed by atoms with van der Waals surface area (Å²) in [5.41, 5.74) is 0.596. The molecule has 19 heavy (non-hydrogen) atoms. The lowest BCUT2D eigenvalue weighted by molar-refractivity contribution is -0.222. The molecule has 6 heteroatoms. The minimum atomic E-state index is -1.23. The number of carbonyl (C=O) groups excluding carboxylic acids is 2. The summed E-state index contributed by atoms with van der Waals surface area (Å²) in [6.07, 6.45) is 4.97. The summed E-state index contributed by atoms with van der Waals surface area (Å²) in [6, 6.07) is 3.50. The van der Waals surface area contributed by atoms with Crippen LogP contribution in [-0.2, 0) is 19.1 Å². The number of rotatable bonds is 2. The van der Waals surface area contributed by atoms with E-state index in [0.717, 1.165) is 0 Å². The van der Waals surface area contributed by atoms with Gasteiger partial charge in [-0.2, -0.15) is 0 Å². The van der Waals surface area contributed by atoms with Crippen LogP contribution in [0.15, 0.2) is 30.1 Å². The van der Waals surface area contributed by atoms with Crippen molar-refractivity contribution in [2.24, 2.45) is 0 Å². The highest BCUT2D eigenvalue weighted by atomic mass is 32.2. The number of hydrogen-bond acceptors (Lipinski definition) is 6. The number of esters is 2. The first-order valence-electron chi connectivity index (χ1n) is 5.60. The first kappa shape index (κ1) is 13.6. The average Bonchev–Trinajstić information content (AvgIpc) is 2.33. The Morgan fingerprint density at radius 2 is 1.89 bits per heavy atom. The van der Waals surface area contributed by atoms with E-state index < -0.39 is 17.7 Å². The molecule has 1 aromatic rings. The SMILES string of the molecule is CSC(=C1C(=O)OC(C)(C)OC1=O)c1cccnc1. The molecule has 0 N–H and O–H groups in total. The van der Waals surface area contributed by atoms with Crippen molar-refractivity contribution in [2.75, 3.05) is 6.26 Å². The van der Waals surface area contributed by atoms with Gasteiger partial charge in [0.25, 0.3) is 5.79 Å². The molecule has 0 aliphatic carbocycles. The number of pyridine rings is 1. The molecule has 1 aliphatic heterocycles. The van der Waals surface area contributed by atoms with Gasteiger partial charge >= 0.3 is 11.9 Å². The van der Waals surface area contributed by atoms with E-state index in [4.69, 9.17) is 9.47 Å². The van der Waals surface area contributed by atoms with Crippen molar-refractivity contribution in [1.82, 2.24) is 4.98 Å². The normalized spacial score (nSPS) is 17.7. The smallest absolute Gasteiger partial charge is 0.350 e. The Morgan fingerprint density at radius 1 is 1.26 bits per heavy atom. The third-order valence-electron chi connectivity index (χ3n) is 2.44. The number of hydrogen-bond donors (Lipinski definition) is 0. The van der Waals surface area contributed by atoms with Crippen molar-refractivity contribution >= 4 is 28.6 Å². The Labute approximate surface area is 115 Å². The molecule has 0 spiro atoms. The van der Waals surface area contributed by atoms with Gasteiger partial charge in [-0.15, -0.1) is 11.8 Å². The molecular weight excluding hydrogens is 266 g/mol. The fraction of sp³-hybridized carbons (Fsp3) is 0.308. The fourth-order valence-corrected chi connectivity index (χ4v) is 2.43. The molecule has 0 radical (unpaired) electrons. The van der Waals surface area contributed by atoms with Gasteiger partial charge in [-0.05, 0) is 12.3 Å². The summed E-state index contributed by atoms with van der Waals surface area (Å²) in [5, 5.41) is 0. The summed E-state index contributed by atoms with van der Waals surface area (Å²) in [5.74, 6) is -2.57. The van der Waals surface area contributed by atoms with Crippen molar-refractivity contribution in [2.45, 2.75) is 19.6 Å². The molecule has 0 saturated carbocycles. The lowest BCUT2D eigenvalue weighted by atomic mass is 10.1. The summed E-state index contributed by atoms with van der Waals surface area (Å²) >= 11 is 1.28. The van der Waals surface area contributed by atoms with Gasteiger partial charge in [-0.3, -0.25) is 4.98 Å². The summed E-state index contributed by atoms with van der Waals surface area (Å²) in [4.78, 5) is 28.4. The number of carbonyl (C=O) groups is 2. The number of aromatic nitrogens is 1. The highest BCUT2D eigenvalue weighted by molar-refractivity contribution is 8.07. The van der Waals surface area contributed by atoms with Crippen LogP contribution in [0.2, 0.25) is 0 Å². The molecule has 0 unspecified atom stereocenters. The maximum atomic E-state index is 12.0. The van der Waals surface area contributed by atoms with Gasteiger partial charge in [0.05, 0.1) is 0 Å². The van der Waals surface area contributed by atoms with Crippen LogP contribution in [0.25, 0.3) is 4.91 Å². The van der Waals surface area contributed by atoms with Crippen LogP contribution < -0.4 is 0 Å². The van der Waals surface area contributed by atoms with Crippen LogP contribution in [0.3, 0.4) is 0 Å². The topological polar surface area (TPSA) is 65.5 Å². The highest BCUT2D eigenvalue weighted by Crippen LogP contribution is 2.33. The van der Waals surface area contributed by atoms with Crippen LogP contribution in [0.4, 0.5) is 0 Å². The van der Waals surface area contributed by atoms with Crippen LogP contribution >= 0.6 is 11.8 Å². The van der Waals surface area contributed by atoms with E-state index in [2.05, 4.69) is 4.98 Å². The van der Waals surface area contributed by atoms with Gasteiger partial charge in [0, 0.05) is 36.7 Å². The first-order chi connectivity index (χ1) is 8.94. The maximum absolute atomic E-state index is 12.0. The van der Waals surface area contributed by atoms with Gasteiger partial charge < -0.3 is 9.47 Å². The van der Waals surface area contributed by atoms with Gasteiger partial charge in [-0.1, -0.05) is 6.07 Å². The van der Waals surface area contributed by atoms with Crippen LogP contribution in [0.1, 0.15) is 19.4 Å². The van der Waals surface area contributed by atoms with Crippen molar-refractivity contribution < 1.29 is 19.1 Å². The zero-order chi connectivity index (χ0) is 14.0. The van der Waals surface area contributed by atoms with E-state index in [0.29, 0.717) is 10.5 Å². The Bertz CT molecular complexity index is 529. The molecule has 0 atom stereocenters. The lowest BCUT2D eigenvalue weighted by Crippen LogP contribution is -2.42. The molecule has 100 valence electrons. The minimum Gasteiger partial charge on any atom is -0.419 e. The second-order valence-corrected chi connectivity index (χ2v) is 5.15. The van der Waals surface area contributed by atoms with Gasteiger partial charge in [0.15, 0.2) is 5.57 Å². The highest BCUT2D eigenvalue weighted by Gasteiger charge is 2.40. The van der Waals surface area contributed by atoms with Gasteiger partial charge in [0.1, 0.15) is 0 Å². The summed E-state index contributed by atoms with van der Waals surface area (Å²) < 4.78 is 10.2. The third-order valence-corrected chi connectivity index (χ3v) is 3.29. The molecule has 0 bridgehead atoms. The predicted molar refractivity (Wildman–Crippen MR) is 70.9 cm³/mol. The zero-order valence-corrected chi connectivity index (χ0v) is 11.6. The lowest BCUT2D eigenvalue weighted by Gasteiger charge is -2.30. The Morgan fingerprint density at radius 3 is 2.37 bits per heavy atom. The number of thioether (sulfide) groups is 1. The molecule has 0 aromatic carbocycles. The fourth-order valence-electron chi connectivity index (χ4n) is 1.70. The van der Waals surface area contributed by atoms with E-state index in [1.165, 1.54) is 25.6 Å². The van der Waals surface area contributed by atoms with Crippen molar-refractivity contribution in [3.05, 3.63) is 35.7 Å². The summed E-state index contributed by atoms with van der Waals surface area (Å²) in [6.45, 7) is 3.03. The molecule has 5 nitrogen and oxygen atoms in total. The van der Waals surface area contributed by atoms with Gasteiger partial charge in [0.2, 0.25) is 0 Å². The molecule has 2 rings (SSSR count). The quantitative estimate of drug-likeness (QED) is 0.468. The van der Waals surface area contributed by atoms with Crippen molar-refractivity contribution in [3.63, 3.8) is 0 Å². The molecule has 2 heterocycles. The van der Waals surface area contributed by atoms with Crippen LogP contribution in [0, 0.1) is 0 Å². The van der Waals surface area contributed by atoms with Gasteiger partial charge in [-0.25, -0.2) is 9.59 Å². The van der Waals surface area contributed by atoms with Crippen molar-refractivity contribution in [1.29, 1.82) is 0 Å². The van der Waals surface area contributed by atoms with E-state index in [9.17, 15) is 9.59 Å². The van der Waals surface area contributed by atoms with E-state index in [1.807, 2.05) is 0 Å². The number of cyclic esters (lactones) is 2. The molecule has 1 saturated heterocycles. The largest absolute Gasteiger partial charge is 0.419 e. The van der Waals surface area contributed by atoms with E-state index >= 15 is 0 Å². The Balaban J connectivity index is 2.50.